The first-order valence-electron chi connectivity index (χ1n) is 10.00. The molecule has 1 aliphatic rings. The van der Waals surface area contributed by atoms with Crippen LogP contribution in [0.3, 0.4) is 0 Å². The van der Waals surface area contributed by atoms with E-state index in [1.165, 1.54) is 0 Å². The number of aliphatic imine (C=N–C) groups is 1. The zero-order valence-electron chi connectivity index (χ0n) is 17.1. The number of benzene rings is 2. The lowest BCUT2D eigenvalue weighted by molar-refractivity contribution is -0.121. The Morgan fingerprint density at radius 3 is 2.57 bits per heavy atom. The summed E-state index contributed by atoms with van der Waals surface area (Å²) < 4.78 is 11.4. The molecule has 0 atom stereocenters. The molecule has 1 amide bonds. The molecule has 3 N–H and O–H groups in total. The van der Waals surface area contributed by atoms with Crippen molar-refractivity contribution in [3.05, 3.63) is 54.1 Å². The Morgan fingerprint density at radius 1 is 1.03 bits per heavy atom. The Bertz CT molecular complexity index is 830. The zero-order chi connectivity index (χ0) is 20.3. The molecule has 0 saturated heterocycles. The van der Waals surface area contributed by atoms with E-state index in [2.05, 4.69) is 20.9 Å². The van der Waals surface area contributed by atoms with Crippen molar-refractivity contribution in [3.8, 4) is 11.5 Å². The average molecular weight is 524 g/mol. The number of hydrogen-bond acceptors (Lipinski definition) is 4. The molecule has 0 saturated carbocycles. The zero-order valence-corrected chi connectivity index (χ0v) is 19.5. The fraction of sp³-hybridized carbons (Fsp3) is 0.364. The molecule has 3 rings (SSSR count). The fourth-order valence-electron chi connectivity index (χ4n) is 2.84. The Balaban J connectivity index is 0.00000320. The predicted molar refractivity (Wildman–Crippen MR) is 130 cm³/mol. The summed E-state index contributed by atoms with van der Waals surface area (Å²) in [5.41, 5.74) is 1.93. The highest BCUT2D eigenvalue weighted by Gasteiger charge is 2.11. The molecule has 1 heterocycles. The maximum atomic E-state index is 12.1. The van der Waals surface area contributed by atoms with E-state index in [1.54, 1.807) is 0 Å². The third-order valence-corrected chi connectivity index (χ3v) is 4.30. The minimum Gasteiger partial charge on any atom is -0.490 e. The van der Waals surface area contributed by atoms with Crippen molar-refractivity contribution in [3.63, 3.8) is 0 Å². The van der Waals surface area contributed by atoms with E-state index in [0.29, 0.717) is 38.7 Å². The van der Waals surface area contributed by atoms with Crippen molar-refractivity contribution in [2.75, 3.05) is 31.6 Å². The van der Waals surface area contributed by atoms with Crippen LogP contribution in [0.4, 0.5) is 5.69 Å². The second kappa shape index (κ2) is 12.9. The summed E-state index contributed by atoms with van der Waals surface area (Å²) in [5.74, 6) is 2.08. The first-order chi connectivity index (χ1) is 14.2. The van der Waals surface area contributed by atoms with Gasteiger partial charge < -0.3 is 25.4 Å². The van der Waals surface area contributed by atoms with Crippen LogP contribution in [0.1, 0.15) is 25.3 Å². The lowest BCUT2D eigenvalue weighted by Gasteiger charge is -2.13. The Kier molecular flexibility index (Phi) is 10.3. The lowest BCUT2D eigenvalue weighted by Crippen LogP contribution is -2.31. The number of carbonyl (C=O) groups is 1. The van der Waals surface area contributed by atoms with E-state index >= 15 is 0 Å². The maximum absolute atomic E-state index is 12.1. The molecule has 2 aromatic rings. The molecule has 0 bridgehead atoms. The summed E-state index contributed by atoms with van der Waals surface area (Å²) >= 11 is 0. The molecule has 0 spiro atoms. The van der Waals surface area contributed by atoms with Crippen LogP contribution in [0.2, 0.25) is 0 Å². The molecule has 0 radical (unpaired) electrons. The molecule has 8 heteroatoms. The number of carbonyl (C=O) groups excluding carboxylic acids is 1. The summed E-state index contributed by atoms with van der Waals surface area (Å²) in [6.45, 7) is 4.94. The summed E-state index contributed by atoms with van der Waals surface area (Å²) in [6.07, 6.45) is 1.19. The number of nitrogens with one attached hydrogen (secondary N) is 3. The minimum atomic E-state index is -0.0240. The van der Waals surface area contributed by atoms with Gasteiger partial charge in [0.1, 0.15) is 0 Å². The number of ether oxygens (including phenoxy) is 2. The van der Waals surface area contributed by atoms with Gasteiger partial charge in [-0.2, -0.15) is 0 Å². The third-order valence-electron chi connectivity index (χ3n) is 4.30. The average Bonchev–Trinajstić information content (AvgIpc) is 2.98. The first kappa shape index (κ1) is 23.8. The Morgan fingerprint density at radius 2 is 1.80 bits per heavy atom. The summed E-state index contributed by atoms with van der Waals surface area (Å²) in [6, 6.07) is 15.6. The number of fused-ring (bicyclic) bond motifs is 1. The van der Waals surface area contributed by atoms with E-state index < -0.39 is 0 Å². The van der Waals surface area contributed by atoms with E-state index in [-0.39, 0.29) is 29.9 Å². The van der Waals surface area contributed by atoms with Gasteiger partial charge in [-0.05, 0) is 24.6 Å². The van der Waals surface area contributed by atoms with E-state index in [0.717, 1.165) is 35.7 Å². The van der Waals surface area contributed by atoms with Gasteiger partial charge >= 0.3 is 0 Å². The first-order valence-corrected chi connectivity index (χ1v) is 10.00. The van der Waals surface area contributed by atoms with Crippen LogP contribution in [0, 0.1) is 0 Å². The monoisotopic (exact) mass is 524 g/mol. The molecule has 2 aromatic carbocycles. The van der Waals surface area contributed by atoms with Gasteiger partial charge in [0.2, 0.25) is 5.91 Å². The van der Waals surface area contributed by atoms with Crippen molar-refractivity contribution >= 4 is 41.5 Å². The lowest BCUT2D eigenvalue weighted by atomic mass is 10.2. The number of nitrogens with zero attached hydrogens (tertiary/aromatic N) is 1. The molecule has 1 aliphatic heterocycles. The highest BCUT2D eigenvalue weighted by molar-refractivity contribution is 14.0. The number of anilines is 1. The summed E-state index contributed by atoms with van der Waals surface area (Å²) in [4.78, 5) is 16.6. The van der Waals surface area contributed by atoms with Gasteiger partial charge in [0.15, 0.2) is 17.5 Å². The third kappa shape index (κ3) is 7.74. The second-order valence-corrected chi connectivity index (χ2v) is 6.61. The number of hydrogen-bond donors (Lipinski definition) is 3. The van der Waals surface area contributed by atoms with Gasteiger partial charge in [-0.25, -0.2) is 0 Å². The number of guanidine groups is 1. The van der Waals surface area contributed by atoms with Gasteiger partial charge in [0, 0.05) is 37.7 Å². The van der Waals surface area contributed by atoms with Crippen LogP contribution < -0.4 is 25.4 Å². The topological polar surface area (TPSA) is 84.0 Å². The smallest absolute Gasteiger partial charge is 0.222 e. The van der Waals surface area contributed by atoms with Gasteiger partial charge in [0.05, 0.1) is 19.8 Å². The van der Waals surface area contributed by atoms with E-state index in [1.807, 2.05) is 55.5 Å². The summed E-state index contributed by atoms with van der Waals surface area (Å²) in [7, 11) is 0. The Hall–Kier alpha value is -2.49. The summed E-state index contributed by atoms with van der Waals surface area (Å²) in [5, 5.41) is 9.36. The van der Waals surface area contributed by atoms with E-state index in [9.17, 15) is 4.79 Å². The van der Waals surface area contributed by atoms with Gasteiger partial charge in [-0.15, -0.1) is 24.0 Å². The van der Waals surface area contributed by atoms with Crippen LogP contribution in [0.25, 0.3) is 0 Å². The number of halogens is 1. The highest BCUT2D eigenvalue weighted by Crippen LogP contribution is 2.32. The van der Waals surface area contributed by atoms with Crippen LogP contribution in [0.5, 0.6) is 11.5 Å². The molecular formula is C22H29IN4O3. The van der Waals surface area contributed by atoms with Gasteiger partial charge in [-0.3, -0.25) is 9.79 Å². The van der Waals surface area contributed by atoms with Crippen molar-refractivity contribution in [2.24, 2.45) is 4.99 Å². The molecule has 30 heavy (non-hydrogen) atoms. The standard InChI is InChI=1S/C22H28N4O3.HI/c1-2-23-22(24-12-11-21(27)25-16-17-7-4-3-5-8-17)26-18-9-10-19-20(15-18)29-14-6-13-28-19;/h3-5,7-10,15H,2,6,11-14,16H2,1H3,(H,25,27)(H2,23,24,26);1H. The van der Waals surface area contributed by atoms with Crippen molar-refractivity contribution < 1.29 is 14.3 Å². The van der Waals surface area contributed by atoms with Crippen molar-refractivity contribution in [1.29, 1.82) is 0 Å². The van der Waals surface area contributed by atoms with Crippen molar-refractivity contribution in [1.82, 2.24) is 10.6 Å². The Labute approximate surface area is 194 Å². The van der Waals surface area contributed by atoms with Crippen LogP contribution in [-0.2, 0) is 11.3 Å². The van der Waals surface area contributed by atoms with Gasteiger partial charge in [-0.1, -0.05) is 30.3 Å². The number of amides is 1. The quantitative estimate of drug-likeness (QED) is 0.293. The fourth-order valence-corrected chi connectivity index (χ4v) is 2.84. The molecule has 7 nitrogen and oxygen atoms in total. The normalized spacial score (nSPS) is 12.9. The predicted octanol–water partition coefficient (Wildman–Crippen LogP) is 3.55. The van der Waals surface area contributed by atoms with Crippen LogP contribution in [0.15, 0.2) is 53.5 Å². The number of rotatable bonds is 7. The van der Waals surface area contributed by atoms with E-state index in [4.69, 9.17) is 9.47 Å². The van der Waals surface area contributed by atoms with Crippen LogP contribution >= 0.6 is 24.0 Å². The largest absolute Gasteiger partial charge is 0.490 e. The SMILES string of the molecule is CCNC(=NCCC(=O)NCc1ccccc1)Nc1ccc2c(c1)OCCCO2.I. The molecule has 0 unspecified atom stereocenters. The molecule has 0 aromatic heterocycles. The maximum Gasteiger partial charge on any atom is 0.222 e. The minimum absolute atomic E-state index is 0. The second-order valence-electron chi connectivity index (χ2n) is 6.61. The van der Waals surface area contributed by atoms with Gasteiger partial charge in [0.25, 0.3) is 0 Å². The molecular weight excluding hydrogens is 495 g/mol. The van der Waals surface area contributed by atoms with Crippen LogP contribution in [-0.4, -0.2) is 38.2 Å². The molecule has 162 valence electrons. The highest BCUT2D eigenvalue weighted by atomic mass is 127. The van der Waals surface area contributed by atoms with Crippen molar-refractivity contribution in [2.45, 2.75) is 26.3 Å². The molecule has 0 fully saturated rings. The molecule has 0 aliphatic carbocycles.